The Morgan fingerprint density at radius 3 is 2.27 bits per heavy atom. The molecule has 0 aliphatic carbocycles. The molecule has 4 aromatic heterocycles. The summed E-state index contributed by atoms with van der Waals surface area (Å²) in [6.07, 6.45) is 1.86. The summed E-state index contributed by atoms with van der Waals surface area (Å²) in [7, 11) is 0. The van der Waals surface area contributed by atoms with Crippen LogP contribution in [0.4, 0.5) is 0 Å². The van der Waals surface area contributed by atoms with Gasteiger partial charge < -0.3 is 4.98 Å². The van der Waals surface area contributed by atoms with Gasteiger partial charge in [0.2, 0.25) is 0 Å². The molecule has 0 fully saturated rings. The van der Waals surface area contributed by atoms with Crippen LogP contribution in [0.3, 0.4) is 0 Å². The molecule has 0 saturated carbocycles. The normalized spacial score (nSPS) is 11.9. The summed E-state index contributed by atoms with van der Waals surface area (Å²) in [4.78, 5) is 14.1. The average Bonchev–Trinajstić information content (AvgIpc) is 3.82. The lowest BCUT2D eigenvalue weighted by Gasteiger charge is -2.11. The van der Waals surface area contributed by atoms with Gasteiger partial charge in [0.15, 0.2) is 0 Å². The first-order chi connectivity index (χ1) is 24.1. The number of aryl methyl sites for hydroxylation is 2. The van der Waals surface area contributed by atoms with Gasteiger partial charge in [-0.25, -0.2) is 9.97 Å². The molecule has 0 aliphatic heterocycles. The molecule has 10 aromatic rings. The van der Waals surface area contributed by atoms with E-state index in [-0.39, 0.29) is 0 Å². The second-order valence-electron chi connectivity index (χ2n) is 12.9. The average molecular weight is 630 g/mol. The molecule has 232 valence electrons. The number of H-pyrrole nitrogens is 1. The number of aromatic nitrogens is 5. The van der Waals surface area contributed by atoms with E-state index in [0.29, 0.717) is 0 Å². The van der Waals surface area contributed by atoms with Crippen LogP contribution in [0.1, 0.15) is 11.1 Å². The second kappa shape index (κ2) is 10.5. The van der Waals surface area contributed by atoms with E-state index in [2.05, 4.69) is 155 Å². The first kappa shape index (κ1) is 27.6. The van der Waals surface area contributed by atoms with Gasteiger partial charge in [-0.1, -0.05) is 84.4 Å². The predicted octanol–water partition coefficient (Wildman–Crippen LogP) is 11.1. The van der Waals surface area contributed by atoms with Crippen LogP contribution in [0.5, 0.6) is 0 Å². The Hall–Kier alpha value is -6.46. The van der Waals surface area contributed by atoms with Gasteiger partial charge in [0.25, 0.3) is 0 Å². The molecule has 5 heteroatoms. The summed E-state index contributed by atoms with van der Waals surface area (Å²) in [6, 6.07) is 49.6. The zero-order valence-corrected chi connectivity index (χ0v) is 27.1. The maximum atomic E-state index is 5.53. The van der Waals surface area contributed by atoms with Gasteiger partial charge in [-0.3, -0.25) is 9.13 Å². The summed E-state index contributed by atoms with van der Waals surface area (Å²) in [5, 5.41) is 4.90. The van der Waals surface area contributed by atoms with Gasteiger partial charge in [0.1, 0.15) is 11.6 Å². The van der Waals surface area contributed by atoms with Crippen molar-refractivity contribution in [3.05, 3.63) is 157 Å². The highest BCUT2D eigenvalue weighted by atomic mass is 15.1. The lowest BCUT2D eigenvalue weighted by Crippen LogP contribution is -1.98. The summed E-state index contributed by atoms with van der Waals surface area (Å²) in [5.41, 5.74) is 13.4. The van der Waals surface area contributed by atoms with E-state index in [9.17, 15) is 0 Å². The molecule has 5 nitrogen and oxygen atoms in total. The maximum Gasteiger partial charge on any atom is 0.147 e. The predicted molar refractivity (Wildman–Crippen MR) is 203 cm³/mol. The molecule has 0 spiro atoms. The fourth-order valence-electron chi connectivity index (χ4n) is 7.70. The third-order valence-corrected chi connectivity index (χ3v) is 9.92. The molecule has 0 saturated heterocycles. The third kappa shape index (κ3) is 4.12. The quantitative estimate of drug-likeness (QED) is 0.211. The zero-order valence-electron chi connectivity index (χ0n) is 27.1. The van der Waals surface area contributed by atoms with Crippen molar-refractivity contribution in [1.82, 2.24) is 24.1 Å². The van der Waals surface area contributed by atoms with Crippen molar-refractivity contribution in [2.24, 2.45) is 0 Å². The lowest BCUT2D eigenvalue weighted by molar-refractivity contribution is 1.08. The van der Waals surface area contributed by atoms with E-state index in [4.69, 9.17) is 9.97 Å². The minimum atomic E-state index is 0.900. The Kier molecular flexibility index (Phi) is 5.94. The van der Waals surface area contributed by atoms with Crippen LogP contribution in [0, 0.1) is 13.8 Å². The molecule has 1 N–H and O–H groups in total. The number of fused-ring (bicyclic) bond motifs is 7. The molecule has 0 bridgehead atoms. The minimum absolute atomic E-state index is 0.900. The molecule has 49 heavy (non-hydrogen) atoms. The van der Waals surface area contributed by atoms with Gasteiger partial charge in [-0.2, -0.15) is 0 Å². The summed E-state index contributed by atoms with van der Waals surface area (Å²) < 4.78 is 4.58. The van der Waals surface area contributed by atoms with E-state index in [1.165, 1.54) is 32.7 Å². The first-order valence-electron chi connectivity index (χ1n) is 16.7. The molecular formula is C44H31N5. The Morgan fingerprint density at radius 1 is 0.571 bits per heavy atom. The molecule has 0 aliphatic rings. The molecule has 10 rings (SSSR count). The van der Waals surface area contributed by atoms with E-state index in [1.807, 2.05) is 18.3 Å². The van der Waals surface area contributed by atoms with Gasteiger partial charge in [0.05, 0.1) is 27.6 Å². The zero-order chi connectivity index (χ0) is 32.6. The smallest absolute Gasteiger partial charge is 0.147 e. The van der Waals surface area contributed by atoms with Crippen molar-refractivity contribution in [2.45, 2.75) is 13.8 Å². The number of nitrogens with one attached hydrogen (secondary N) is 1. The molecule has 4 heterocycles. The number of hydrogen-bond acceptors (Lipinski definition) is 2. The molecule has 0 radical (unpaired) electrons. The van der Waals surface area contributed by atoms with E-state index in [0.717, 1.165) is 67.1 Å². The van der Waals surface area contributed by atoms with Gasteiger partial charge in [0, 0.05) is 50.1 Å². The number of aromatic amines is 1. The number of para-hydroxylation sites is 3. The standard InChI is InChI=1S/C44H31N5/c1-27-18-23-36-35(25-27)41-28(2)19-21-34(43(41)46-36)44-47-42-31(14-10-16-38(42)48(44)30-11-4-3-5-12-30)29-20-22-33-32-13-6-7-15-37(32)49(39(33)26-29)40-17-8-9-24-45-40/h3-26,46H,1-2H3. The van der Waals surface area contributed by atoms with E-state index >= 15 is 0 Å². The molecule has 0 amide bonds. The number of pyridine rings is 1. The van der Waals surface area contributed by atoms with Crippen LogP contribution in [0.15, 0.2) is 146 Å². The van der Waals surface area contributed by atoms with Gasteiger partial charge >= 0.3 is 0 Å². The van der Waals surface area contributed by atoms with Crippen LogP contribution in [-0.4, -0.2) is 24.1 Å². The third-order valence-electron chi connectivity index (χ3n) is 9.92. The second-order valence-corrected chi connectivity index (χ2v) is 12.9. The minimum Gasteiger partial charge on any atom is -0.354 e. The Labute approximate surface area is 282 Å². The number of rotatable bonds is 4. The summed E-state index contributed by atoms with van der Waals surface area (Å²) in [5.74, 6) is 1.81. The van der Waals surface area contributed by atoms with Crippen molar-refractivity contribution < 1.29 is 0 Å². The lowest BCUT2D eigenvalue weighted by atomic mass is 10.0. The van der Waals surface area contributed by atoms with Crippen LogP contribution in [0.25, 0.3) is 88.7 Å². The SMILES string of the molecule is Cc1ccc2[nH]c3c(-c4nc5c(-c6ccc7c8ccccc8n(-c8ccccn8)c7c6)cccc5n4-c4ccccc4)ccc(C)c3c2c1. The first-order valence-corrected chi connectivity index (χ1v) is 16.7. The summed E-state index contributed by atoms with van der Waals surface area (Å²) in [6.45, 7) is 4.35. The highest BCUT2D eigenvalue weighted by Gasteiger charge is 2.22. The molecule has 6 aromatic carbocycles. The van der Waals surface area contributed by atoms with Crippen molar-refractivity contribution in [3.63, 3.8) is 0 Å². The van der Waals surface area contributed by atoms with E-state index in [1.54, 1.807) is 0 Å². The highest BCUT2D eigenvalue weighted by molar-refractivity contribution is 6.14. The van der Waals surface area contributed by atoms with Gasteiger partial charge in [-0.15, -0.1) is 0 Å². The van der Waals surface area contributed by atoms with Crippen LogP contribution in [0.2, 0.25) is 0 Å². The molecule has 0 unspecified atom stereocenters. The van der Waals surface area contributed by atoms with Crippen LogP contribution in [-0.2, 0) is 0 Å². The van der Waals surface area contributed by atoms with Crippen molar-refractivity contribution in [2.75, 3.05) is 0 Å². The van der Waals surface area contributed by atoms with Crippen molar-refractivity contribution in [3.8, 4) is 34.0 Å². The topological polar surface area (TPSA) is 51.4 Å². The van der Waals surface area contributed by atoms with Crippen LogP contribution >= 0.6 is 0 Å². The van der Waals surface area contributed by atoms with Crippen molar-refractivity contribution >= 4 is 54.6 Å². The number of hydrogen-bond donors (Lipinski definition) is 1. The monoisotopic (exact) mass is 629 g/mol. The fraction of sp³-hybridized carbons (Fsp3) is 0.0455. The largest absolute Gasteiger partial charge is 0.354 e. The van der Waals surface area contributed by atoms with Gasteiger partial charge in [-0.05, 0) is 85.6 Å². The number of imidazole rings is 1. The van der Waals surface area contributed by atoms with Crippen molar-refractivity contribution in [1.29, 1.82) is 0 Å². The molecular weight excluding hydrogens is 599 g/mol. The van der Waals surface area contributed by atoms with E-state index < -0.39 is 0 Å². The Balaban J connectivity index is 1.26. The highest BCUT2D eigenvalue weighted by Crippen LogP contribution is 2.41. The number of nitrogens with zero attached hydrogens (tertiary/aromatic N) is 4. The summed E-state index contributed by atoms with van der Waals surface area (Å²) >= 11 is 0. The Bertz CT molecular complexity index is 2890. The maximum absolute atomic E-state index is 5.53. The fourth-order valence-corrected chi connectivity index (χ4v) is 7.70. The van der Waals surface area contributed by atoms with Crippen LogP contribution < -0.4 is 0 Å². The number of benzene rings is 6. The Morgan fingerprint density at radius 2 is 1.39 bits per heavy atom. The molecule has 0 atom stereocenters.